The van der Waals surface area contributed by atoms with Gasteiger partial charge >= 0.3 is 0 Å². The van der Waals surface area contributed by atoms with Gasteiger partial charge in [0.05, 0.1) is 19.8 Å². The second-order valence-electron chi connectivity index (χ2n) is 7.87. The molecule has 1 N–H and O–H groups in total. The van der Waals surface area contributed by atoms with Crippen LogP contribution in [0.15, 0.2) is 42.5 Å². The molecular weight excluding hydrogens is 400 g/mol. The first-order valence-corrected chi connectivity index (χ1v) is 10.3. The molecule has 1 saturated heterocycles. The molecule has 3 amide bonds. The maximum atomic E-state index is 12.9. The highest BCUT2D eigenvalue weighted by Crippen LogP contribution is 2.42. The summed E-state index contributed by atoms with van der Waals surface area (Å²) in [5, 5.41) is 2.31. The van der Waals surface area contributed by atoms with Crippen molar-refractivity contribution < 1.29 is 28.6 Å². The number of nitrogens with zero attached hydrogens (tertiary/aromatic N) is 1. The fourth-order valence-corrected chi connectivity index (χ4v) is 4.20. The van der Waals surface area contributed by atoms with Gasteiger partial charge in [0.1, 0.15) is 12.6 Å². The first-order valence-electron chi connectivity index (χ1n) is 10.3. The molecule has 2 aromatic rings. The van der Waals surface area contributed by atoms with Crippen LogP contribution in [0.25, 0.3) is 0 Å². The molecular formula is C23H22N2O6. The van der Waals surface area contributed by atoms with Crippen LogP contribution < -0.4 is 14.8 Å². The van der Waals surface area contributed by atoms with E-state index in [4.69, 9.17) is 14.2 Å². The van der Waals surface area contributed by atoms with Gasteiger partial charge in [0, 0.05) is 17.5 Å². The largest absolute Gasteiger partial charge is 0.485 e. The Hall–Kier alpha value is -3.39. The Morgan fingerprint density at radius 1 is 1.10 bits per heavy atom. The summed E-state index contributed by atoms with van der Waals surface area (Å²) in [4.78, 5) is 38.1. The van der Waals surface area contributed by atoms with E-state index in [2.05, 4.69) is 5.32 Å². The van der Waals surface area contributed by atoms with Crippen LogP contribution in [0.2, 0.25) is 0 Å². The van der Waals surface area contributed by atoms with Crippen molar-refractivity contribution in [3.8, 4) is 11.5 Å². The predicted octanol–water partition coefficient (Wildman–Crippen LogP) is 1.80. The molecule has 5 rings (SSSR count). The average molecular weight is 422 g/mol. The molecule has 0 spiro atoms. The van der Waals surface area contributed by atoms with Crippen molar-refractivity contribution in [2.75, 3.05) is 13.2 Å². The van der Waals surface area contributed by atoms with E-state index < -0.39 is 11.9 Å². The summed E-state index contributed by atoms with van der Waals surface area (Å²) in [5.74, 6) is 0.138. The lowest BCUT2D eigenvalue weighted by Gasteiger charge is -2.29. The number of imide groups is 1. The second-order valence-corrected chi connectivity index (χ2v) is 7.87. The van der Waals surface area contributed by atoms with Gasteiger partial charge in [-0.1, -0.05) is 30.3 Å². The standard InChI is InChI=1S/C23H22N2O6/c26-20-9-7-18(22(27)24-20)25-10-17-16(23(25)28)6-8-19-21(17)30-13-15(31-19)12-29-11-14-4-2-1-3-5-14/h1-6,8,15,18H,7,9-13H2,(H,24,26,27)/t15-,18-/m0/s1. The topological polar surface area (TPSA) is 94.2 Å². The van der Waals surface area contributed by atoms with Crippen LogP contribution in [0.1, 0.15) is 34.3 Å². The van der Waals surface area contributed by atoms with E-state index in [1.54, 1.807) is 12.1 Å². The number of carbonyl (C=O) groups excluding carboxylic acids is 3. The van der Waals surface area contributed by atoms with E-state index in [1.165, 1.54) is 4.90 Å². The molecule has 8 nitrogen and oxygen atoms in total. The first kappa shape index (κ1) is 19.6. The number of rotatable bonds is 5. The predicted molar refractivity (Wildman–Crippen MR) is 108 cm³/mol. The molecule has 0 aliphatic carbocycles. The van der Waals surface area contributed by atoms with E-state index in [0.717, 1.165) is 11.1 Å². The van der Waals surface area contributed by atoms with Crippen LogP contribution in [-0.2, 0) is 27.5 Å². The molecule has 0 saturated carbocycles. The SMILES string of the molecule is O=C1CC[C@H](N2Cc3c(ccc4c3OC[C@H](COCc3ccccc3)O4)C2=O)C(=O)N1. The number of hydrogen-bond donors (Lipinski definition) is 1. The lowest BCUT2D eigenvalue weighted by atomic mass is 10.0. The summed E-state index contributed by atoms with van der Waals surface area (Å²) in [6.45, 7) is 1.44. The van der Waals surface area contributed by atoms with Gasteiger partial charge in [-0.05, 0) is 24.1 Å². The first-order chi connectivity index (χ1) is 15.1. The third-order valence-electron chi connectivity index (χ3n) is 5.75. The van der Waals surface area contributed by atoms with Gasteiger partial charge in [-0.2, -0.15) is 0 Å². The van der Waals surface area contributed by atoms with Crippen molar-refractivity contribution in [2.45, 2.75) is 38.1 Å². The maximum Gasteiger partial charge on any atom is 0.255 e. The molecule has 3 aliphatic rings. The molecule has 0 radical (unpaired) electrons. The van der Waals surface area contributed by atoms with Crippen molar-refractivity contribution in [2.24, 2.45) is 0 Å². The number of ether oxygens (including phenoxy) is 3. The Balaban J connectivity index is 1.25. The second kappa shape index (κ2) is 8.03. The van der Waals surface area contributed by atoms with Crippen molar-refractivity contribution in [3.63, 3.8) is 0 Å². The van der Waals surface area contributed by atoms with Crippen LogP contribution >= 0.6 is 0 Å². The zero-order valence-electron chi connectivity index (χ0n) is 16.8. The molecule has 160 valence electrons. The van der Waals surface area contributed by atoms with E-state index in [0.29, 0.717) is 43.3 Å². The van der Waals surface area contributed by atoms with Crippen molar-refractivity contribution in [3.05, 3.63) is 59.2 Å². The van der Waals surface area contributed by atoms with Crippen molar-refractivity contribution >= 4 is 17.7 Å². The van der Waals surface area contributed by atoms with Crippen LogP contribution in [0, 0.1) is 0 Å². The van der Waals surface area contributed by atoms with Crippen LogP contribution in [0.5, 0.6) is 11.5 Å². The molecule has 3 heterocycles. The van der Waals surface area contributed by atoms with Crippen LogP contribution in [0.3, 0.4) is 0 Å². The summed E-state index contributed by atoms with van der Waals surface area (Å²) in [7, 11) is 0. The fourth-order valence-electron chi connectivity index (χ4n) is 4.20. The molecule has 0 aromatic heterocycles. The molecule has 3 aliphatic heterocycles. The van der Waals surface area contributed by atoms with Gasteiger partial charge in [-0.25, -0.2) is 0 Å². The van der Waals surface area contributed by atoms with Gasteiger partial charge in [-0.15, -0.1) is 0 Å². The maximum absolute atomic E-state index is 12.9. The Bertz CT molecular complexity index is 1040. The van der Waals surface area contributed by atoms with E-state index in [-0.39, 0.29) is 30.9 Å². The lowest BCUT2D eigenvalue weighted by Crippen LogP contribution is -2.52. The Morgan fingerprint density at radius 2 is 1.94 bits per heavy atom. The van der Waals surface area contributed by atoms with Gasteiger partial charge in [0.25, 0.3) is 5.91 Å². The smallest absolute Gasteiger partial charge is 0.255 e. The van der Waals surface area contributed by atoms with Crippen molar-refractivity contribution in [1.82, 2.24) is 10.2 Å². The zero-order valence-corrected chi connectivity index (χ0v) is 16.8. The Kier molecular flexibility index (Phi) is 5.07. The third-order valence-corrected chi connectivity index (χ3v) is 5.75. The van der Waals surface area contributed by atoms with Gasteiger partial charge in [-0.3, -0.25) is 19.7 Å². The number of amides is 3. The summed E-state index contributed by atoms with van der Waals surface area (Å²) in [5.41, 5.74) is 2.31. The monoisotopic (exact) mass is 422 g/mol. The molecule has 0 unspecified atom stereocenters. The molecule has 2 atom stereocenters. The van der Waals surface area contributed by atoms with Crippen LogP contribution in [-0.4, -0.2) is 48.0 Å². The van der Waals surface area contributed by atoms with Gasteiger partial charge in [0.2, 0.25) is 11.8 Å². The minimum absolute atomic E-state index is 0.221. The Labute approximate surface area is 179 Å². The Morgan fingerprint density at radius 3 is 2.74 bits per heavy atom. The highest BCUT2D eigenvalue weighted by molar-refractivity contribution is 6.05. The van der Waals surface area contributed by atoms with E-state index in [1.807, 2.05) is 30.3 Å². The van der Waals surface area contributed by atoms with Crippen LogP contribution in [0.4, 0.5) is 0 Å². The summed E-state index contributed by atoms with van der Waals surface area (Å²) in [6, 6.07) is 12.7. The quantitative estimate of drug-likeness (QED) is 0.739. The number of piperidine rings is 1. The third kappa shape index (κ3) is 3.74. The summed E-state index contributed by atoms with van der Waals surface area (Å²) in [6.07, 6.45) is 0.293. The average Bonchev–Trinajstić information content (AvgIpc) is 3.11. The minimum atomic E-state index is -0.656. The molecule has 2 aromatic carbocycles. The lowest BCUT2D eigenvalue weighted by molar-refractivity contribution is -0.136. The van der Waals surface area contributed by atoms with Crippen molar-refractivity contribution in [1.29, 1.82) is 0 Å². The molecule has 1 fully saturated rings. The summed E-state index contributed by atoms with van der Waals surface area (Å²) < 4.78 is 17.8. The highest BCUT2D eigenvalue weighted by atomic mass is 16.6. The number of fused-ring (bicyclic) bond motifs is 3. The minimum Gasteiger partial charge on any atom is -0.485 e. The van der Waals surface area contributed by atoms with Gasteiger partial charge < -0.3 is 19.1 Å². The van der Waals surface area contributed by atoms with Gasteiger partial charge in [0.15, 0.2) is 17.6 Å². The van der Waals surface area contributed by atoms with E-state index >= 15 is 0 Å². The normalized spacial score (nSPS) is 22.3. The zero-order chi connectivity index (χ0) is 21.4. The summed E-state index contributed by atoms with van der Waals surface area (Å²) >= 11 is 0. The fraction of sp³-hybridized carbons (Fsp3) is 0.348. The number of nitrogens with one attached hydrogen (secondary N) is 1. The number of carbonyl (C=O) groups is 3. The highest BCUT2D eigenvalue weighted by Gasteiger charge is 2.41. The van der Waals surface area contributed by atoms with E-state index in [9.17, 15) is 14.4 Å². The molecule has 0 bridgehead atoms. The molecule has 8 heteroatoms. The molecule has 31 heavy (non-hydrogen) atoms. The number of benzene rings is 2. The number of hydrogen-bond acceptors (Lipinski definition) is 6.